The van der Waals surface area contributed by atoms with Gasteiger partial charge in [0.25, 0.3) is 0 Å². The van der Waals surface area contributed by atoms with E-state index < -0.39 is 12.0 Å². The molecule has 2 rings (SSSR count). The number of anilines is 1. The summed E-state index contributed by atoms with van der Waals surface area (Å²) in [5, 5.41) is 11.4. The molecular formula is C12H19N3O3S. The smallest absolute Gasteiger partial charge is 0.326 e. The topological polar surface area (TPSA) is 88.7 Å². The van der Waals surface area contributed by atoms with E-state index in [1.54, 1.807) is 5.38 Å². The first kappa shape index (κ1) is 14.2. The lowest BCUT2D eigenvalue weighted by Gasteiger charge is -2.31. The fraction of sp³-hybridized carbons (Fsp3) is 0.667. The number of rotatable bonds is 5. The maximum atomic E-state index is 10.8. The van der Waals surface area contributed by atoms with Gasteiger partial charge in [0, 0.05) is 25.1 Å². The molecule has 0 spiro atoms. The number of carbonyl (C=O) groups is 1. The van der Waals surface area contributed by atoms with Crippen LogP contribution in [0.25, 0.3) is 0 Å². The van der Waals surface area contributed by atoms with Crippen LogP contribution >= 0.6 is 11.3 Å². The standard InChI is InChI=1S/C12H19N3O3S/c1-2-18-8-3-5-15(6-4-8)12-14-9(7-19-12)10(13)11(16)17/h7-8,10H,2-6,13H2,1H3,(H,16,17). The minimum atomic E-state index is -1.05. The van der Waals surface area contributed by atoms with Crippen LogP contribution in [0.15, 0.2) is 5.38 Å². The van der Waals surface area contributed by atoms with Crippen LogP contribution in [0, 0.1) is 0 Å². The van der Waals surface area contributed by atoms with E-state index in [-0.39, 0.29) is 0 Å². The molecule has 1 saturated heterocycles. The van der Waals surface area contributed by atoms with Crippen molar-refractivity contribution in [2.24, 2.45) is 5.73 Å². The van der Waals surface area contributed by atoms with E-state index in [0.717, 1.165) is 37.7 Å². The Hall–Kier alpha value is -1.18. The van der Waals surface area contributed by atoms with E-state index in [1.165, 1.54) is 11.3 Å². The molecule has 3 N–H and O–H groups in total. The lowest BCUT2D eigenvalue weighted by Crippen LogP contribution is -2.37. The summed E-state index contributed by atoms with van der Waals surface area (Å²) in [6, 6.07) is -1.04. The SMILES string of the molecule is CCOC1CCN(c2nc(C(N)C(=O)O)cs2)CC1. The van der Waals surface area contributed by atoms with Crippen LogP contribution in [0.1, 0.15) is 31.5 Å². The van der Waals surface area contributed by atoms with Crippen molar-refractivity contribution in [2.45, 2.75) is 31.9 Å². The van der Waals surface area contributed by atoms with Crippen LogP contribution in [0.2, 0.25) is 0 Å². The Labute approximate surface area is 116 Å². The second kappa shape index (κ2) is 6.31. The Morgan fingerprint density at radius 1 is 1.68 bits per heavy atom. The number of ether oxygens (including phenoxy) is 1. The van der Waals surface area contributed by atoms with Crippen molar-refractivity contribution in [2.75, 3.05) is 24.6 Å². The molecule has 0 saturated carbocycles. The van der Waals surface area contributed by atoms with Crippen LogP contribution in [0.4, 0.5) is 5.13 Å². The molecular weight excluding hydrogens is 266 g/mol. The Morgan fingerprint density at radius 3 is 2.95 bits per heavy atom. The molecule has 1 aliphatic rings. The van der Waals surface area contributed by atoms with Crippen molar-refractivity contribution in [1.82, 2.24) is 4.98 Å². The molecule has 1 unspecified atom stereocenters. The number of hydrogen-bond donors (Lipinski definition) is 2. The number of nitrogens with two attached hydrogens (primary N) is 1. The van der Waals surface area contributed by atoms with Gasteiger partial charge in [-0.3, -0.25) is 4.79 Å². The maximum Gasteiger partial charge on any atom is 0.326 e. The summed E-state index contributed by atoms with van der Waals surface area (Å²) >= 11 is 1.45. The quantitative estimate of drug-likeness (QED) is 0.846. The van der Waals surface area contributed by atoms with Gasteiger partial charge in [0.05, 0.1) is 11.8 Å². The Kier molecular flexibility index (Phi) is 4.73. The number of thiazole rings is 1. The highest BCUT2D eigenvalue weighted by Crippen LogP contribution is 2.26. The summed E-state index contributed by atoms with van der Waals surface area (Å²) in [6.07, 6.45) is 2.29. The van der Waals surface area contributed by atoms with Gasteiger partial charge in [0.1, 0.15) is 6.04 Å². The Balaban J connectivity index is 1.95. The van der Waals surface area contributed by atoms with E-state index in [4.69, 9.17) is 15.6 Å². The van der Waals surface area contributed by atoms with Crippen molar-refractivity contribution >= 4 is 22.4 Å². The summed E-state index contributed by atoms with van der Waals surface area (Å²) in [6.45, 7) is 4.53. The van der Waals surface area contributed by atoms with Gasteiger partial charge in [-0.25, -0.2) is 4.98 Å². The third-order valence-electron chi connectivity index (χ3n) is 3.21. The molecule has 1 aliphatic heterocycles. The van der Waals surface area contributed by atoms with Crippen LogP contribution in [0.5, 0.6) is 0 Å². The van der Waals surface area contributed by atoms with Crippen LogP contribution < -0.4 is 10.6 Å². The first-order valence-electron chi connectivity index (χ1n) is 6.42. The number of carboxylic acids is 1. The largest absolute Gasteiger partial charge is 0.480 e. The van der Waals surface area contributed by atoms with Crippen molar-refractivity contribution in [3.05, 3.63) is 11.1 Å². The molecule has 2 heterocycles. The molecule has 7 heteroatoms. The zero-order chi connectivity index (χ0) is 13.8. The summed E-state index contributed by atoms with van der Waals surface area (Å²) in [5.74, 6) is -1.05. The number of hydrogen-bond acceptors (Lipinski definition) is 6. The first-order chi connectivity index (χ1) is 9.11. The number of aliphatic carboxylic acids is 1. The number of nitrogens with zero attached hydrogens (tertiary/aromatic N) is 2. The van der Waals surface area contributed by atoms with E-state index in [0.29, 0.717) is 11.8 Å². The van der Waals surface area contributed by atoms with Crippen LogP contribution in [-0.4, -0.2) is 41.9 Å². The minimum absolute atomic E-state index is 0.335. The molecule has 1 atom stereocenters. The fourth-order valence-electron chi connectivity index (χ4n) is 2.14. The van der Waals surface area contributed by atoms with Crippen molar-refractivity contribution < 1.29 is 14.6 Å². The molecule has 0 aliphatic carbocycles. The van der Waals surface area contributed by atoms with Gasteiger partial charge in [-0.05, 0) is 19.8 Å². The highest BCUT2D eigenvalue weighted by Gasteiger charge is 2.23. The second-order valence-electron chi connectivity index (χ2n) is 4.51. The minimum Gasteiger partial charge on any atom is -0.480 e. The predicted octanol–water partition coefficient (Wildman–Crippen LogP) is 1.23. The maximum absolute atomic E-state index is 10.8. The monoisotopic (exact) mass is 285 g/mol. The molecule has 0 radical (unpaired) electrons. The highest BCUT2D eigenvalue weighted by atomic mass is 32.1. The Morgan fingerprint density at radius 2 is 2.37 bits per heavy atom. The molecule has 0 amide bonds. The lowest BCUT2D eigenvalue weighted by molar-refractivity contribution is -0.138. The Bertz CT molecular complexity index is 430. The van der Waals surface area contributed by atoms with Gasteiger partial charge in [-0.2, -0.15) is 0 Å². The molecule has 1 aromatic heterocycles. The molecule has 1 aromatic rings. The zero-order valence-electron chi connectivity index (χ0n) is 10.9. The fourth-order valence-corrected chi connectivity index (χ4v) is 3.06. The van der Waals surface area contributed by atoms with E-state index in [2.05, 4.69) is 9.88 Å². The summed E-state index contributed by atoms with van der Waals surface area (Å²) < 4.78 is 5.60. The second-order valence-corrected chi connectivity index (χ2v) is 5.35. The molecule has 0 bridgehead atoms. The summed E-state index contributed by atoms with van der Waals surface area (Å²) in [7, 11) is 0. The molecule has 6 nitrogen and oxygen atoms in total. The van der Waals surface area contributed by atoms with Crippen molar-refractivity contribution in [3.8, 4) is 0 Å². The molecule has 19 heavy (non-hydrogen) atoms. The van der Waals surface area contributed by atoms with Gasteiger partial charge in [0.2, 0.25) is 0 Å². The van der Waals surface area contributed by atoms with E-state index in [9.17, 15) is 4.79 Å². The molecule has 1 fully saturated rings. The van der Waals surface area contributed by atoms with E-state index >= 15 is 0 Å². The van der Waals surface area contributed by atoms with Crippen LogP contribution in [-0.2, 0) is 9.53 Å². The first-order valence-corrected chi connectivity index (χ1v) is 7.30. The molecule has 106 valence electrons. The van der Waals surface area contributed by atoms with Gasteiger partial charge in [0.15, 0.2) is 5.13 Å². The normalized spacial score (nSPS) is 18.5. The van der Waals surface area contributed by atoms with Gasteiger partial charge in [-0.1, -0.05) is 0 Å². The van der Waals surface area contributed by atoms with Crippen molar-refractivity contribution in [3.63, 3.8) is 0 Å². The van der Waals surface area contributed by atoms with E-state index in [1.807, 2.05) is 6.92 Å². The van der Waals surface area contributed by atoms with Gasteiger partial charge in [-0.15, -0.1) is 11.3 Å². The summed E-state index contributed by atoms with van der Waals surface area (Å²) in [5.41, 5.74) is 5.98. The number of carboxylic acid groups (broad SMARTS) is 1. The lowest BCUT2D eigenvalue weighted by atomic mass is 10.1. The third kappa shape index (κ3) is 3.43. The molecule has 0 aromatic carbocycles. The number of aromatic nitrogens is 1. The predicted molar refractivity (Wildman–Crippen MR) is 73.5 cm³/mol. The zero-order valence-corrected chi connectivity index (χ0v) is 11.7. The highest BCUT2D eigenvalue weighted by molar-refractivity contribution is 7.13. The summed E-state index contributed by atoms with van der Waals surface area (Å²) in [4.78, 5) is 17.3. The van der Waals surface area contributed by atoms with Crippen molar-refractivity contribution in [1.29, 1.82) is 0 Å². The van der Waals surface area contributed by atoms with Crippen LogP contribution in [0.3, 0.4) is 0 Å². The number of piperidine rings is 1. The third-order valence-corrected chi connectivity index (χ3v) is 4.13. The van der Waals surface area contributed by atoms with Gasteiger partial charge < -0.3 is 20.5 Å². The average Bonchev–Trinajstić information content (AvgIpc) is 2.88. The average molecular weight is 285 g/mol. The van der Waals surface area contributed by atoms with Gasteiger partial charge >= 0.3 is 5.97 Å².